The standard InChI is InChI=1S/C24H19N3O7S/c1-13-19(23(30)34-3)20(15-7-9-16(10-8-15)22(29)33-2)26-21(28)18(35-24(26)25-13)12-14-5-4-6-17(11-14)27(31)32/h4-12,20H,1-3H3/b18-12-. The number of methoxy groups -OCH3 is 2. The fourth-order valence-corrected chi connectivity index (χ4v) is 4.85. The van der Waals surface area contributed by atoms with Crippen LogP contribution in [0.4, 0.5) is 5.69 Å². The molecule has 1 unspecified atom stereocenters. The number of carbonyl (C=O) groups is 2. The predicted octanol–water partition coefficient (Wildman–Crippen LogP) is 2.10. The quantitative estimate of drug-likeness (QED) is 0.302. The number of aromatic nitrogens is 1. The maximum absolute atomic E-state index is 13.5. The fourth-order valence-electron chi connectivity index (χ4n) is 3.81. The summed E-state index contributed by atoms with van der Waals surface area (Å²) in [6, 6.07) is 11.4. The second kappa shape index (κ2) is 9.47. The second-order valence-electron chi connectivity index (χ2n) is 7.54. The minimum Gasteiger partial charge on any atom is -0.466 e. The molecule has 0 aliphatic carbocycles. The third kappa shape index (κ3) is 4.41. The van der Waals surface area contributed by atoms with Gasteiger partial charge in [-0.05, 0) is 36.3 Å². The minimum atomic E-state index is -0.849. The number of nitrogens with zero attached hydrogens (tertiary/aromatic N) is 3. The number of carbonyl (C=O) groups excluding carboxylic acids is 2. The van der Waals surface area contributed by atoms with Crippen molar-refractivity contribution >= 4 is 35.0 Å². The topological polar surface area (TPSA) is 130 Å². The van der Waals surface area contributed by atoms with Gasteiger partial charge in [-0.15, -0.1) is 0 Å². The first-order chi connectivity index (χ1) is 16.7. The van der Waals surface area contributed by atoms with E-state index in [0.717, 1.165) is 11.3 Å². The van der Waals surface area contributed by atoms with Crippen LogP contribution in [-0.2, 0) is 14.3 Å². The molecule has 1 aliphatic rings. The van der Waals surface area contributed by atoms with Gasteiger partial charge in [0.25, 0.3) is 11.2 Å². The van der Waals surface area contributed by atoms with Crippen LogP contribution in [-0.4, -0.2) is 35.6 Å². The second-order valence-corrected chi connectivity index (χ2v) is 8.55. The monoisotopic (exact) mass is 493 g/mol. The van der Waals surface area contributed by atoms with Gasteiger partial charge < -0.3 is 9.47 Å². The maximum Gasteiger partial charge on any atom is 0.338 e. The highest BCUT2D eigenvalue weighted by molar-refractivity contribution is 7.07. The molecule has 11 heteroatoms. The highest BCUT2D eigenvalue weighted by Crippen LogP contribution is 2.30. The summed E-state index contributed by atoms with van der Waals surface area (Å²) in [6.45, 7) is 1.65. The van der Waals surface area contributed by atoms with Crippen molar-refractivity contribution in [2.45, 2.75) is 13.0 Å². The Hall–Kier alpha value is -4.38. The van der Waals surface area contributed by atoms with Crippen molar-refractivity contribution in [3.63, 3.8) is 0 Å². The molecule has 35 heavy (non-hydrogen) atoms. The molecule has 0 saturated carbocycles. The molecule has 4 rings (SSSR count). The first-order valence-electron chi connectivity index (χ1n) is 10.3. The van der Waals surface area contributed by atoms with Crippen molar-refractivity contribution in [2.24, 2.45) is 4.99 Å². The van der Waals surface area contributed by atoms with Crippen LogP contribution in [0, 0.1) is 10.1 Å². The van der Waals surface area contributed by atoms with E-state index >= 15 is 0 Å². The summed E-state index contributed by atoms with van der Waals surface area (Å²) in [7, 11) is 2.52. The molecule has 0 radical (unpaired) electrons. The first kappa shape index (κ1) is 23.8. The van der Waals surface area contributed by atoms with Gasteiger partial charge in [0, 0.05) is 12.1 Å². The molecule has 0 spiro atoms. The van der Waals surface area contributed by atoms with E-state index in [1.807, 2.05) is 0 Å². The third-order valence-corrected chi connectivity index (χ3v) is 6.44. The zero-order chi connectivity index (χ0) is 25.3. The summed E-state index contributed by atoms with van der Waals surface area (Å²) < 4.78 is 11.4. The average molecular weight is 493 g/mol. The van der Waals surface area contributed by atoms with Crippen molar-refractivity contribution in [1.29, 1.82) is 0 Å². The number of hydrogen-bond donors (Lipinski definition) is 0. The Morgan fingerprint density at radius 1 is 1.11 bits per heavy atom. The fraction of sp³-hybridized carbons (Fsp3) is 0.167. The van der Waals surface area contributed by atoms with Crippen LogP contribution in [0.5, 0.6) is 0 Å². The zero-order valence-corrected chi connectivity index (χ0v) is 19.7. The molecule has 0 fully saturated rings. The predicted molar refractivity (Wildman–Crippen MR) is 127 cm³/mol. The van der Waals surface area contributed by atoms with Crippen LogP contribution in [0.25, 0.3) is 6.08 Å². The van der Waals surface area contributed by atoms with E-state index in [4.69, 9.17) is 9.47 Å². The number of nitro benzene ring substituents is 1. The molecule has 0 amide bonds. The van der Waals surface area contributed by atoms with Gasteiger partial charge in [0.15, 0.2) is 4.80 Å². The van der Waals surface area contributed by atoms with E-state index in [1.54, 1.807) is 43.3 Å². The van der Waals surface area contributed by atoms with Gasteiger partial charge in [-0.3, -0.25) is 19.5 Å². The van der Waals surface area contributed by atoms with Crippen LogP contribution in [0.1, 0.15) is 34.5 Å². The third-order valence-electron chi connectivity index (χ3n) is 5.45. The number of esters is 2. The minimum absolute atomic E-state index is 0.0982. The molecule has 1 aliphatic heterocycles. The van der Waals surface area contributed by atoms with Crippen LogP contribution in [0.3, 0.4) is 0 Å². The van der Waals surface area contributed by atoms with Crippen LogP contribution >= 0.6 is 11.3 Å². The molecule has 3 aromatic rings. The van der Waals surface area contributed by atoms with E-state index in [2.05, 4.69) is 4.99 Å². The molecule has 10 nitrogen and oxygen atoms in total. The molecule has 0 bridgehead atoms. The van der Waals surface area contributed by atoms with Gasteiger partial charge in [-0.2, -0.15) is 0 Å². The summed E-state index contributed by atoms with van der Waals surface area (Å²) >= 11 is 1.10. The Morgan fingerprint density at radius 2 is 1.80 bits per heavy atom. The average Bonchev–Trinajstić information content (AvgIpc) is 3.16. The molecular weight excluding hydrogens is 474 g/mol. The van der Waals surface area contributed by atoms with Crippen molar-refractivity contribution in [2.75, 3.05) is 14.2 Å². The van der Waals surface area contributed by atoms with Gasteiger partial charge >= 0.3 is 11.9 Å². The maximum atomic E-state index is 13.5. The van der Waals surface area contributed by atoms with Crippen LogP contribution in [0.15, 0.2) is 69.6 Å². The summed E-state index contributed by atoms with van der Waals surface area (Å²) in [5, 5.41) is 11.1. The number of benzene rings is 2. The lowest BCUT2D eigenvalue weighted by Gasteiger charge is -2.24. The Morgan fingerprint density at radius 3 is 2.43 bits per heavy atom. The summed E-state index contributed by atoms with van der Waals surface area (Å²) in [6.07, 6.45) is 1.55. The Balaban J connectivity index is 1.92. The number of hydrogen-bond acceptors (Lipinski definition) is 9. The number of ether oxygens (including phenoxy) is 2. The summed E-state index contributed by atoms with van der Waals surface area (Å²) in [5.41, 5.74) is 1.42. The molecule has 2 aromatic carbocycles. The Bertz CT molecular complexity index is 1570. The van der Waals surface area contributed by atoms with Gasteiger partial charge in [-0.1, -0.05) is 35.6 Å². The van der Waals surface area contributed by atoms with E-state index in [-0.39, 0.29) is 11.3 Å². The molecule has 1 atom stereocenters. The van der Waals surface area contributed by atoms with E-state index < -0.39 is 28.5 Å². The highest BCUT2D eigenvalue weighted by atomic mass is 32.1. The molecule has 0 N–H and O–H groups in total. The Labute approximate surface area is 202 Å². The molecule has 2 heterocycles. The lowest BCUT2D eigenvalue weighted by Crippen LogP contribution is -2.39. The summed E-state index contributed by atoms with van der Waals surface area (Å²) in [5.74, 6) is -1.15. The SMILES string of the molecule is COC(=O)C1=C(C)N=c2s/c(=C\c3cccc([N+](=O)[O-])c3)c(=O)n2C1c1ccc(C(=O)OC)cc1. The number of rotatable bonds is 5. The number of allylic oxidation sites excluding steroid dienone is 1. The largest absolute Gasteiger partial charge is 0.466 e. The van der Waals surface area contributed by atoms with E-state index in [1.165, 1.54) is 37.0 Å². The highest BCUT2D eigenvalue weighted by Gasteiger charge is 2.33. The molecule has 178 valence electrons. The number of fused-ring (bicyclic) bond motifs is 1. The van der Waals surface area contributed by atoms with E-state index in [0.29, 0.717) is 31.7 Å². The van der Waals surface area contributed by atoms with Gasteiger partial charge in [0.2, 0.25) is 0 Å². The number of non-ortho nitro benzene ring substituents is 1. The smallest absolute Gasteiger partial charge is 0.338 e. The zero-order valence-electron chi connectivity index (χ0n) is 18.9. The van der Waals surface area contributed by atoms with Crippen molar-refractivity contribution in [3.8, 4) is 0 Å². The lowest BCUT2D eigenvalue weighted by molar-refractivity contribution is -0.384. The lowest BCUT2D eigenvalue weighted by atomic mass is 9.95. The van der Waals surface area contributed by atoms with Crippen LogP contribution < -0.4 is 14.9 Å². The van der Waals surface area contributed by atoms with Crippen molar-refractivity contribution in [1.82, 2.24) is 4.57 Å². The first-order valence-corrected chi connectivity index (χ1v) is 11.1. The Kier molecular flexibility index (Phi) is 6.43. The van der Waals surface area contributed by atoms with Crippen molar-refractivity contribution < 1.29 is 24.0 Å². The molecular formula is C24H19N3O7S. The van der Waals surface area contributed by atoms with Crippen LogP contribution in [0.2, 0.25) is 0 Å². The summed E-state index contributed by atoms with van der Waals surface area (Å²) in [4.78, 5) is 53.5. The molecule has 0 saturated heterocycles. The molecule has 1 aromatic heterocycles. The van der Waals surface area contributed by atoms with E-state index in [9.17, 15) is 24.5 Å². The van der Waals surface area contributed by atoms with Gasteiger partial charge in [0.05, 0.1) is 46.6 Å². The van der Waals surface area contributed by atoms with Gasteiger partial charge in [0.1, 0.15) is 0 Å². The normalized spacial score (nSPS) is 15.3. The van der Waals surface area contributed by atoms with Crippen molar-refractivity contribution in [3.05, 3.63) is 106 Å². The van der Waals surface area contributed by atoms with Gasteiger partial charge in [-0.25, -0.2) is 14.6 Å². The number of nitro groups is 1. The number of thiazole rings is 1.